The summed E-state index contributed by atoms with van der Waals surface area (Å²) >= 11 is 0. The van der Waals surface area contributed by atoms with Crippen LogP contribution in [0.25, 0.3) is 0 Å². The predicted molar refractivity (Wildman–Crippen MR) is 94.8 cm³/mol. The standard InChI is InChI=1S/C19H30N2O3/c1-23-16-7-8-19(24-2)17(13-16)18(22)14-20-9-11-21(12-10-20)15-5-3-4-6-15/h7-8,13,15,18,22H,3-6,9-12,14H2,1-2H3/t18-/m0/s1. The Morgan fingerprint density at radius 2 is 1.79 bits per heavy atom. The van der Waals surface area contributed by atoms with Crippen LogP contribution in [0.4, 0.5) is 0 Å². The van der Waals surface area contributed by atoms with E-state index in [-0.39, 0.29) is 0 Å². The first-order chi connectivity index (χ1) is 11.7. The van der Waals surface area contributed by atoms with Crippen molar-refractivity contribution in [2.45, 2.75) is 37.8 Å². The third-order valence-electron chi connectivity index (χ3n) is 5.47. The maximum absolute atomic E-state index is 10.7. The van der Waals surface area contributed by atoms with Crippen LogP contribution in [0.3, 0.4) is 0 Å². The molecule has 24 heavy (non-hydrogen) atoms. The van der Waals surface area contributed by atoms with Crippen molar-refractivity contribution in [2.75, 3.05) is 46.9 Å². The van der Waals surface area contributed by atoms with Gasteiger partial charge in [-0.15, -0.1) is 0 Å². The normalized spacial score (nSPS) is 21.8. The number of rotatable bonds is 6. The van der Waals surface area contributed by atoms with Crippen LogP contribution in [0.5, 0.6) is 11.5 Å². The Labute approximate surface area is 145 Å². The number of hydrogen-bond acceptors (Lipinski definition) is 5. The van der Waals surface area contributed by atoms with E-state index in [9.17, 15) is 5.11 Å². The number of aliphatic hydroxyl groups excluding tert-OH is 1. The van der Waals surface area contributed by atoms with E-state index >= 15 is 0 Å². The summed E-state index contributed by atoms with van der Waals surface area (Å²) in [6.07, 6.45) is 4.94. The molecule has 1 atom stereocenters. The zero-order valence-electron chi connectivity index (χ0n) is 14.9. The van der Waals surface area contributed by atoms with Crippen molar-refractivity contribution in [3.05, 3.63) is 23.8 Å². The van der Waals surface area contributed by atoms with Crippen LogP contribution in [0, 0.1) is 0 Å². The quantitative estimate of drug-likeness (QED) is 0.865. The van der Waals surface area contributed by atoms with Gasteiger partial charge in [0.25, 0.3) is 0 Å². The van der Waals surface area contributed by atoms with Gasteiger partial charge in [-0.1, -0.05) is 12.8 Å². The number of hydrogen-bond donors (Lipinski definition) is 1. The van der Waals surface area contributed by atoms with E-state index in [0.717, 1.165) is 43.5 Å². The van der Waals surface area contributed by atoms with Gasteiger partial charge in [-0.2, -0.15) is 0 Å². The topological polar surface area (TPSA) is 45.2 Å². The van der Waals surface area contributed by atoms with Gasteiger partial charge in [0.2, 0.25) is 0 Å². The SMILES string of the molecule is COc1ccc(OC)c([C@@H](O)CN2CCN(C3CCCC3)CC2)c1. The van der Waals surface area contributed by atoms with Crippen LogP contribution in [-0.4, -0.2) is 67.9 Å². The molecule has 0 aromatic heterocycles. The minimum absolute atomic E-state index is 0.562. The van der Waals surface area contributed by atoms with Gasteiger partial charge >= 0.3 is 0 Å². The first kappa shape index (κ1) is 17.5. The molecule has 0 unspecified atom stereocenters. The lowest BCUT2D eigenvalue weighted by atomic mass is 10.1. The monoisotopic (exact) mass is 334 g/mol. The second-order valence-electron chi connectivity index (χ2n) is 6.90. The number of benzene rings is 1. The van der Waals surface area contributed by atoms with Crippen molar-refractivity contribution >= 4 is 0 Å². The summed E-state index contributed by atoms with van der Waals surface area (Å²) in [6.45, 7) is 4.93. The van der Waals surface area contributed by atoms with Gasteiger partial charge in [-0.05, 0) is 31.0 Å². The summed E-state index contributed by atoms with van der Waals surface area (Å²) in [4.78, 5) is 5.00. The molecule has 0 bridgehead atoms. The Morgan fingerprint density at radius 3 is 2.42 bits per heavy atom. The summed E-state index contributed by atoms with van der Waals surface area (Å²) < 4.78 is 10.7. The molecule has 5 nitrogen and oxygen atoms in total. The van der Waals surface area contributed by atoms with Crippen molar-refractivity contribution < 1.29 is 14.6 Å². The van der Waals surface area contributed by atoms with Gasteiger partial charge in [0, 0.05) is 44.3 Å². The molecule has 0 spiro atoms. The number of ether oxygens (including phenoxy) is 2. The van der Waals surface area contributed by atoms with Crippen LogP contribution in [0.2, 0.25) is 0 Å². The Balaban J connectivity index is 1.56. The van der Waals surface area contributed by atoms with Gasteiger partial charge in [-0.3, -0.25) is 9.80 Å². The van der Waals surface area contributed by atoms with E-state index in [1.807, 2.05) is 18.2 Å². The van der Waals surface area contributed by atoms with Crippen LogP contribution in [0.15, 0.2) is 18.2 Å². The molecule has 2 fully saturated rings. The smallest absolute Gasteiger partial charge is 0.124 e. The summed E-state index contributed by atoms with van der Waals surface area (Å²) in [5.41, 5.74) is 0.801. The van der Waals surface area contributed by atoms with Crippen LogP contribution < -0.4 is 9.47 Å². The summed E-state index contributed by atoms with van der Waals surface area (Å²) in [6, 6.07) is 6.39. The fourth-order valence-electron chi connectivity index (χ4n) is 4.02. The van der Waals surface area contributed by atoms with Gasteiger partial charge in [-0.25, -0.2) is 0 Å². The number of methoxy groups -OCH3 is 2. The molecule has 0 radical (unpaired) electrons. The number of aliphatic hydroxyl groups is 1. The first-order valence-electron chi connectivity index (χ1n) is 9.07. The highest BCUT2D eigenvalue weighted by atomic mass is 16.5. The van der Waals surface area contributed by atoms with E-state index in [4.69, 9.17) is 9.47 Å². The van der Waals surface area contributed by atoms with Crippen LogP contribution in [0.1, 0.15) is 37.4 Å². The second-order valence-corrected chi connectivity index (χ2v) is 6.90. The first-order valence-corrected chi connectivity index (χ1v) is 9.07. The third kappa shape index (κ3) is 4.02. The average Bonchev–Trinajstić information content (AvgIpc) is 3.16. The molecular weight excluding hydrogens is 304 g/mol. The molecular formula is C19H30N2O3. The molecule has 1 saturated carbocycles. The van der Waals surface area contributed by atoms with E-state index < -0.39 is 6.10 Å². The Hall–Kier alpha value is -1.30. The van der Waals surface area contributed by atoms with Crippen molar-refractivity contribution in [3.8, 4) is 11.5 Å². The summed E-state index contributed by atoms with van der Waals surface area (Å²) in [5.74, 6) is 1.46. The lowest BCUT2D eigenvalue weighted by Crippen LogP contribution is -2.50. The van der Waals surface area contributed by atoms with Crippen LogP contribution in [-0.2, 0) is 0 Å². The molecule has 1 aromatic carbocycles. The van der Waals surface area contributed by atoms with Crippen molar-refractivity contribution in [3.63, 3.8) is 0 Å². The molecule has 134 valence electrons. The summed E-state index contributed by atoms with van der Waals surface area (Å²) in [7, 11) is 3.28. The van der Waals surface area contributed by atoms with E-state index in [1.54, 1.807) is 14.2 Å². The lowest BCUT2D eigenvalue weighted by molar-refractivity contribution is 0.0561. The maximum Gasteiger partial charge on any atom is 0.124 e. The lowest BCUT2D eigenvalue weighted by Gasteiger charge is -2.38. The molecule has 1 aliphatic carbocycles. The Kier molecular flexibility index (Phi) is 5.98. The molecule has 1 aromatic rings. The molecule has 1 aliphatic heterocycles. The largest absolute Gasteiger partial charge is 0.497 e. The van der Waals surface area contributed by atoms with Crippen molar-refractivity contribution in [2.24, 2.45) is 0 Å². The van der Waals surface area contributed by atoms with Gasteiger partial charge in [0.1, 0.15) is 11.5 Å². The second kappa shape index (κ2) is 8.19. The fraction of sp³-hybridized carbons (Fsp3) is 0.684. The zero-order valence-corrected chi connectivity index (χ0v) is 14.9. The molecule has 1 heterocycles. The molecule has 3 rings (SSSR count). The van der Waals surface area contributed by atoms with Crippen molar-refractivity contribution in [1.29, 1.82) is 0 Å². The van der Waals surface area contributed by atoms with Gasteiger partial charge in [0.15, 0.2) is 0 Å². The number of piperazine rings is 1. The van der Waals surface area contributed by atoms with E-state index in [1.165, 1.54) is 25.7 Å². The minimum atomic E-state index is -0.562. The summed E-state index contributed by atoms with van der Waals surface area (Å²) in [5, 5.41) is 10.7. The fourth-order valence-corrected chi connectivity index (χ4v) is 4.02. The molecule has 5 heteroatoms. The van der Waals surface area contributed by atoms with Gasteiger partial charge in [0.05, 0.1) is 20.3 Å². The molecule has 1 saturated heterocycles. The highest BCUT2D eigenvalue weighted by Crippen LogP contribution is 2.30. The molecule has 2 aliphatic rings. The highest BCUT2D eigenvalue weighted by Gasteiger charge is 2.27. The molecule has 1 N–H and O–H groups in total. The van der Waals surface area contributed by atoms with Crippen molar-refractivity contribution in [1.82, 2.24) is 9.80 Å². The Morgan fingerprint density at radius 1 is 1.08 bits per heavy atom. The van der Waals surface area contributed by atoms with Crippen LogP contribution >= 0.6 is 0 Å². The van der Waals surface area contributed by atoms with E-state index in [0.29, 0.717) is 12.3 Å². The molecule has 0 amide bonds. The van der Waals surface area contributed by atoms with E-state index in [2.05, 4.69) is 9.80 Å². The van der Waals surface area contributed by atoms with Gasteiger partial charge < -0.3 is 14.6 Å². The zero-order chi connectivity index (χ0) is 16.9. The predicted octanol–water partition coefficient (Wildman–Crippen LogP) is 2.30. The average molecular weight is 334 g/mol. The minimum Gasteiger partial charge on any atom is -0.497 e. The third-order valence-corrected chi connectivity index (χ3v) is 5.47. The highest BCUT2D eigenvalue weighted by molar-refractivity contribution is 5.41. The number of β-amino-alcohol motifs (C(OH)–C–C–N with tert-alkyl or cyclic N) is 1. The maximum atomic E-state index is 10.7. The Bertz CT molecular complexity index is 523. The number of nitrogens with zero attached hydrogens (tertiary/aromatic N) is 2.